The van der Waals surface area contributed by atoms with Gasteiger partial charge in [-0.15, -0.1) is 6.58 Å². The van der Waals surface area contributed by atoms with Gasteiger partial charge in [0.2, 0.25) is 5.78 Å². The Labute approximate surface area is 145 Å². The molecule has 7 heteroatoms. The first kappa shape index (κ1) is 18.3. The van der Waals surface area contributed by atoms with Gasteiger partial charge in [-0.25, -0.2) is 0 Å². The number of methoxy groups -OCH3 is 1. The third-order valence-corrected chi connectivity index (χ3v) is 3.90. The lowest BCUT2D eigenvalue weighted by Gasteiger charge is -2.10. The minimum absolute atomic E-state index is 0.108. The molecule has 25 heavy (non-hydrogen) atoms. The van der Waals surface area contributed by atoms with E-state index in [1.54, 1.807) is 6.08 Å². The second kappa shape index (κ2) is 7.65. The van der Waals surface area contributed by atoms with Crippen molar-refractivity contribution >= 4 is 11.5 Å². The molecule has 0 aliphatic heterocycles. The Morgan fingerprint density at radius 1 is 1.32 bits per heavy atom. The molecule has 0 saturated heterocycles. The van der Waals surface area contributed by atoms with Crippen molar-refractivity contribution in [1.82, 2.24) is 4.57 Å². The first-order valence-corrected chi connectivity index (χ1v) is 7.65. The number of aryl methyl sites for hydroxylation is 1. The van der Waals surface area contributed by atoms with Crippen molar-refractivity contribution in [2.45, 2.75) is 20.4 Å². The summed E-state index contributed by atoms with van der Waals surface area (Å²) in [4.78, 5) is 22.8. The van der Waals surface area contributed by atoms with E-state index in [4.69, 9.17) is 9.47 Å². The van der Waals surface area contributed by atoms with Crippen LogP contribution in [0.1, 0.15) is 21.7 Å². The van der Waals surface area contributed by atoms with Crippen molar-refractivity contribution in [3.05, 3.63) is 64.0 Å². The molecule has 2 rings (SSSR count). The molecule has 0 bridgehead atoms. The van der Waals surface area contributed by atoms with Gasteiger partial charge in [0, 0.05) is 29.6 Å². The Kier molecular flexibility index (Phi) is 5.59. The van der Waals surface area contributed by atoms with Gasteiger partial charge in [-0.05, 0) is 26.0 Å². The standard InChI is InChI=1S/C18H20N2O5/c1-5-8-19-12(2)9-15(13(19)3)16(21)11-25-17-7-6-14(20(22)23)10-18(17)24-4/h5-7,9-10H,1,8,11H2,2-4H3. The predicted molar refractivity (Wildman–Crippen MR) is 93.6 cm³/mol. The summed E-state index contributed by atoms with van der Waals surface area (Å²) < 4.78 is 12.6. The molecule has 0 aliphatic carbocycles. The third-order valence-electron chi connectivity index (χ3n) is 3.90. The first-order valence-electron chi connectivity index (χ1n) is 7.65. The summed E-state index contributed by atoms with van der Waals surface area (Å²) in [6.07, 6.45) is 1.77. The molecule has 0 saturated carbocycles. The molecule has 0 fully saturated rings. The van der Waals surface area contributed by atoms with Crippen LogP contribution >= 0.6 is 0 Å². The second-order valence-corrected chi connectivity index (χ2v) is 5.49. The van der Waals surface area contributed by atoms with E-state index in [9.17, 15) is 14.9 Å². The fourth-order valence-electron chi connectivity index (χ4n) is 2.60. The van der Waals surface area contributed by atoms with Gasteiger partial charge in [-0.2, -0.15) is 0 Å². The molecule has 0 atom stereocenters. The number of ether oxygens (including phenoxy) is 2. The van der Waals surface area contributed by atoms with E-state index in [2.05, 4.69) is 6.58 Å². The Bertz CT molecular complexity index is 823. The molecule has 0 amide bonds. The summed E-state index contributed by atoms with van der Waals surface area (Å²) in [7, 11) is 1.39. The van der Waals surface area contributed by atoms with Crippen molar-refractivity contribution in [2.24, 2.45) is 0 Å². The average Bonchev–Trinajstić information content (AvgIpc) is 2.88. The zero-order valence-electron chi connectivity index (χ0n) is 14.4. The third kappa shape index (κ3) is 3.88. The maximum atomic E-state index is 12.5. The van der Waals surface area contributed by atoms with Crippen LogP contribution in [0.5, 0.6) is 11.5 Å². The van der Waals surface area contributed by atoms with E-state index in [-0.39, 0.29) is 29.6 Å². The monoisotopic (exact) mass is 344 g/mol. The zero-order chi connectivity index (χ0) is 18.6. The van der Waals surface area contributed by atoms with E-state index in [0.29, 0.717) is 12.1 Å². The van der Waals surface area contributed by atoms with Gasteiger partial charge in [0.05, 0.1) is 18.1 Å². The van der Waals surface area contributed by atoms with Crippen LogP contribution in [0.4, 0.5) is 5.69 Å². The highest BCUT2D eigenvalue weighted by atomic mass is 16.6. The number of ketones is 1. The van der Waals surface area contributed by atoms with Crippen LogP contribution in [-0.4, -0.2) is 29.0 Å². The molecule has 2 aromatic rings. The predicted octanol–water partition coefficient (Wildman–Crippen LogP) is 3.47. The number of benzene rings is 1. The van der Waals surface area contributed by atoms with E-state index < -0.39 is 4.92 Å². The average molecular weight is 344 g/mol. The van der Waals surface area contributed by atoms with Crippen molar-refractivity contribution in [2.75, 3.05) is 13.7 Å². The highest BCUT2D eigenvalue weighted by Crippen LogP contribution is 2.31. The highest BCUT2D eigenvalue weighted by Gasteiger charge is 2.18. The summed E-state index contributed by atoms with van der Waals surface area (Å²) in [6, 6.07) is 5.80. The minimum Gasteiger partial charge on any atom is -0.493 e. The van der Waals surface area contributed by atoms with Crippen molar-refractivity contribution in [3.8, 4) is 11.5 Å². The molecule has 0 aliphatic rings. The summed E-state index contributed by atoms with van der Waals surface area (Å²) in [5.74, 6) is 0.310. The van der Waals surface area contributed by atoms with Crippen LogP contribution < -0.4 is 9.47 Å². The van der Waals surface area contributed by atoms with Gasteiger partial charge < -0.3 is 14.0 Å². The van der Waals surface area contributed by atoms with Gasteiger partial charge in [0.25, 0.3) is 5.69 Å². The SMILES string of the molecule is C=CCn1c(C)cc(C(=O)COc2ccc([N+](=O)[O-])cc2OC)c1C. The largest absolute Gasteiger partial charge is 0.493 e. The summed E-state index contributed by atoms with van der Waals surface area (Å²) >= 11 is 0. The maximum Gasteiger partial charge on any atom is 0.273 e. The molecule has 1 heterocycles. The van der Waals surface area contributed by atoms with Gasteiger partial charge in [-0.1, -0.05) is 6.08 Å². The molecule has 0 unspecified atom stereocenters. The quantitative estimate of drug-likeness (QED) is 0.317. The Balaban J connectivity index is 2.16. The molecule has 0 spiro atoms. The van der Waals surface area contributed by atoms with Crippen LogP contribution in [0.25, 0.3) is 0 Å². The lowest BCUT2D eigenvalue weighted by atomic mass is 10.1. The van der Waals surface area contributed by atoms with Crippen LogP contribution in [0.3, 0.4) is 0 Å². The van der Waals surface area contributed by atoms with Gasteiger partial charge in [-0.3, -0.25) is 14.9 Å². The number of hydrogen-bond donors (Lipinski definition) is 0. The van der Waals surface area contributed by atoms with Gasteiger partial charge >= 0.3 is 0 Å². The van der Waals surface area contributed by atoms with E-state index in [1.807, 2.05) is 24.5 Å². The van der Waals surface area contributed by atoms with E-state index in [0.717, 1.165) is 11.4 Å². The highest BCUT2D eigenvalue weighted by molar-refractivity contribution is 5.98. The number of carbonyl (C=O) groups excluding carboxylic acids is 1. The fourth-order valence-corrected chi connectivity index (χ4v) is 2.60. The smallest absolute Gasteiger partial charge is 0.273 e. The first-order chi connectivity index (χ1) is 11.9. The molecular weight excluding hydrogens is 324 g/mol. The maximum absolute atomic E-state index is 12.5. The molecule has 1 aromatic carbocycles. The van der Waals surface area contributed by atoms with Crippen molar-refractivity contribution in [3.63, 3.8) is 0 Å². The number of rotatable bonds is 8. The molecule has 132 valence electrons. The lowest BCUT2D eigenvalue weighted by Crippen LogP contribution is -2.13. The Morgan fingerprint density at radius 3 is 2.64 bits per heavy atom. The summed E-state index contributed by atoms with van der Waals surface area (Å²) in [5.41, 5.74) is 2.29. The number of hydrogen-bond acceptors (Lipinski definition) is 5. The number of carbonyl (C=O) groups is 1. The number of allylic oxidation sites excluding steroid dienone is 1. The number of nitrogens with zero attached hydrogens (tertiary/aromatic N) is 2. The van der Waals surface area contributed by atoms with Crippen LogP contribution in [0.2, 0.25) is 0 Å². The molecule has 7 nitrogen and oxygen atoms in total. The van der Waals surface area contributed by atoms with Gasteiger partial charge in [0.15, 0.2) is 18.1 Å². The van der Waals surface area contributed by atoms with Crippen molar-refractivity contribution in [1.29, 1.82) is 0 Å². The van der Waals surface area contributed by atoms with E-state index >= 15 is 0 Å². The zero-order valence-corrected chi connectivity index (χ0v) is 14.4. The summed E-state index contributed by atoms with van der Waals surface area (Å²) in [5, 5.41) is 10.8. The molecule has 1 aromatic heterocycles. The Morgan fingerprint density at radius 2 is 2.04 bits per heavy atom. The number of Topliss-reactive ketones (excluding diaryl/α,β-unsaturated/α-hetero) is 1. The number of nitro groups is 1. The van der Waals surface area contributed by atoms with Crippen LogP contribution in [0.15, 0.2) is 36.9 Å². The number of non-ortho nitro benzene ring substituents is 1. The number of nitro benzene ring substituents is 1. The molecular formula is C18H20N2O5. The van der Waals surface area contributed by atoms with Gasteiger partial charge in [0.1, 0.15) is 0 Å². The van der Waals surface area contributed by atoms with Crippen LogP contribution in [0, 0.1) is 24.0 Å². The van der Waals surface area contributed by atoms with Crippen molar-refractivity contribution < 1.29 is 19.2 Å². The van der Waals surface area contributed by atoms with E-state index in [1.165, 1.54) is 25.3 Å². The summed E-state index contributed by atoms with van der Waals surface area (Å²) in [6.45, 7) is 7.95. The topological polar surface area (TPSA) is 83.6 Å². The normalized spacial score (nSPS) is 10.4. The number of aromatic nitrogens is 1. The Hall–Kier alpha value is -3.09. The molecule has 0 N–H and O–H groups in total. The minimum atomic E-state index is -0.522. The fraction of sp³-hybridized carbons (Fsp3) is 0.278. The molecule has 0 radical (unpaired) electrons. The van der Waals surface area contributed by atoms with Crippen LogP contribution in [-0.2, 0) is 6.54 Å². The second-order valence-electron chi connectivity index (χ2n) is 5.49. The lowest BCUT2D eigenvalue weighted by molar-refractivity contribution is -0.384.